The molecule has 36 valence electrons. The predicted octanol–water partition coefficient (Wildman–Crippen LogP) is -0.890. The Labute approximate surface area is 37.3 Å². The predicted molar refractivity (Wildman–Crippen MR) is 23.5 cm³/mol. The molecule has 0 aliphatic heterocycles. The summed E-state index contributed by atoms with van der Waals surface area (Å²) in [4.78, 5) is 0. The third kappa shape index (κ3) is 3.58. The second kappa shape index (κ2) is 2.80. The fourth-order valence-electron chi connectivity index (χ4n) is 0.0521. The van der Waals surface area contributed by atoms with Crippen molar-refractivity contribution in [3.63, 3.8) is 0 Å². The Hall–Kier alpha value is -0.420. The minimum Gasteiger partial charge on any atom is -0.323 e. The van der Waals surface area contributed by atoms with E-state index >= 15 is 0 Å². The minimum absolute atomic E-state index is 0.722. The SMILES string of the molecule is N/N=C/S(=O)O. The Bertz CT molecular complexity index is 79.6. The number of hydrazone groups is 1. The van der Waals surface area contributed by atoms with Crippen molar-refractivity contribution < 1.29 is 8.76 Å². The number of nitrogens with zero attached hydrogens (tertiary/aromatic N) is 1. The highest BCUT2D eigenvalue weighted by atomic mass is 32.2. The number of rotatable bonds is 1. The van der Waals surface area contributed by atoms with E-state index < -0.39 is 11.1 Å². The van der Waals surface area contributed by atoms with Gasteiger partial charge >= 0.3 is 0 Å². The van der Waals surface area contributed by atoms with Gasteiger partial charge in [0.2, 0.25) is 0 Å². The number of hydrogen-bond donors (Lipinski definition) is 2. The van der Waals surface area contributed by atoms with Gasteiger partial charge in [-0.1, -0.05) is 0 Å². The third-order valence-electron chi connectivity index (χ3n) is 0.151. The Morgan fingerprint density at radius 2 is 2.50 bits per heavy atom. The van der Waals surface area contributed by atoms with E-state index in [9.17, 15) is 4.21 Å². The highest BCUT2D eigenvalue weighted by molar-refractivity contribution is 7.93. The first-order valence-electron chi connectivity index (χ1n) is 1.10. The molecule has 0 aromatic heterocycles. The van der Waals surface area contributed by atoms with Crippen LogP contribution < -0.4 is 5.84 Å². The Morgan fingerprint density at radius 1 is 2.00 bits per heavy atom. The molecule has 6 heavy (non-hydrogen) atoms. The van der Waals surface area contributed by atoms with E-state index in [2.05, 4.69) is 10.9 Å². The molecule has 0 aliphatic rings. The Morgan fingerprint density at radius 3 is 2.50 bits per heavy atom. The molecule has 0 saturated carbocycles. The summed E-state index contributed by atoms with van der Waals surface area (Å²) < 4.78 is 17.3. The summed E-state index contributed by atoms with van der Waals surface area (Å²) in [5, 5.41) is 2.76. The van der Waals surface area contributed by atoms with Gasteiger partial charge in [0.25, 0.3) is 0 Å². The van der Waals surface area contributed by atoms with E-state index in [0.717, 1.165) is 5.55 Å². The van der Waals surface area contributed by atoms with Gasteiger partial charge in [-0.15, -0.1) is 0 Å². The quantitative estimate of drug-likeness (QED) is 0.150. The molecular formula is CH4N2O2S. The van der Waals surface area contributed by atoms with Crippen LogP contribution in [0, 0.1) is 0 Å². The van der Waals surface area contributed by atoms with Crippen molar-refractivity contribution in [3.05, 3.63) is 0 Å². The van der Waals surface area contributed by atoms with Gasteiger partial charge in [-0.05, 0) is 0 Å². The molecule has 0 radical (unpaired) electrons. The number of nitrogens with two attached hydrogens (primary N) is 1. The summed E-state index contributed by atoms with van der Waals surface area (Å²) in [7, 11) is 0. The molecule has 0 rings (SSSR count). The van der Waals surface area contributed by atoms with Gasteiger partial charge in [-0.3, -0.25) is 0 Å². The molecule has 0 saturated heterocycles. The van der Waals surface area contributed by atoms with Gasteiger partial charge in [0.15, 0.2) is 11.1 Å². The fraction of sp³-hybridized carbons (Fsp3) is 0. The van der Waals surface area contributed by atoms with Crippen LogP contribution >= 0.6 is 0 Å². The van der Waals surface area contributed by atoms with Crippen molar-refractivity contribution >= 4 is 16.6 Å². The molecule has 1 atom stereocenters. The average molecular weight is 108 g/mol. The summed E-state index contributed by atoms with van der Waals surface area (Å²) in [6.07, 6.45) is 0. The van der Waals surface area contributed by atoms with E-state index in [1.165, 1.54) is 0 Å². The molecule has 5 heteroatoms. The van der Waals surface area contributed by atoms with Crippen molar-refractivity contribution in [2.45, 2.75) is 0 Å². The summed E-state index contributed by atoms with van der Waals surface area (Å²) in [5.41, 5.74) is 0.722. The van der Waals surface area contributed by atoms with Crippen molar-refractivity contribution in [1.82, 2.24) is 0 Å². The zero-order chi connectivity index (χ0) is 4.99. The van der Waals surface area contributed by atoms with Crippen LogP contribution in [0.25, 0.3) is 0 Å². The van der Waals surface area contributed by atoms with Gasteiger partial charge in [-0.25, -0.2) is 4.21 Å². The largest absolute Gasteiger partial charge is 0.323 e. The second-order valence-electron chi connectivity index (χ2n) is 0.531. The molecule has 0 heterocycles. The lowest BCUT2D eigenvalue weighted by Crippen LogP contribution is -1.89. The van der Waals surface area contributed by atoms with Gasteiger partial charge in [0, 0.05) is 0 Å². The van der Waals surface area contributed by atoms with Crippen LogP contribution in [0.3, 0.4) is 0 Å². The fourth-order valence-corrected chi connectivity index (χ4v) is 0.156. The Kier molecular flexibility index (Phi) is 2.60. The number of hydrogen-bond acceptors (Lipinski definition) is 3. The average Bonchev–Trinajstić information content (AvgIpc) is 1.35. The van der Waals surface area contributed by atoms with E-state index in [0.29, 0.717) is 0 Å². The lowest BCUT2D eigenvalue weighted by atomic mass is 11.7. The highest BCUT2D eigenvalue weighted by Crippen LogP contribution is 1.56. The van der Waals surface area contributed by atoms with E-state index in [4.69, 9.17) is 4.55 Å². The first-order valence-corrected chi connectivity index (χ1v) is 2.27. The molecule has 0 fully saturated rings. The van der Waals surface area contributed by atoms with Crippen LogP contribution in [0.1, 0.15) is 0 Å². The third-order valence-corrected chi connectivity index (χ3v) is 0.453. The minimum atomic E-state index is -1.98. The van der Waals surface area contributed by atoms with Crippen LogP contribution in [-0.2, 0) is 11.1 Å². The summed E-state index contributed by atoms with van der Waals surface area (Å²) >= 11 is -1.98. The van der Waals surface area contributed by atoms with E-state index in [1.54, 1.807) is 0 Å². The van der Waals surface area contributed by atoms with Gasteiger partial charge in [0.1, 0.15) is 5.55 Å². The standard InChI is InChI=1S/CH4N2O2S/c2-3-1-6(4)5/h1H,2H2,(H,4,5)/b3-1+. The molecule has 3 N–H and O–H groups in total. The molecule has 1 unspecified atom stereocenters. The normalized spacial score (nSPS) is 15.5. The van der Waals surface area contributed by atoms with Crippen molar-refractivity contribution in [2.24, 2.45) is 10.9 Å². The van der Waals surface area contributed by atoms with Crippen molar-refractivity contribution in [2.75, 3.05) is 0 Å². The second-order valence-corrected chi connectivity index (χ2v) is 1.29. The monoisotopic (exact) mass is 108 g/mol. The molecular weight excluding hydrogens is 104 g/mol. The molecule has 0 bridgehead atoms. The summed E-state index contributed by atoms with van der Waals surface area (Å²) in [5.74, 6) is 4.45. The zero-order valence-electron chi connectivity index (χ0n) is 2.87. The van der Waals surface area contributed by atoms with Gasteiger partial charge in [0.05, 0.1) is 0 Å². The topological polar surface area (TPSA) is 75.7 Å². The molecule has 0 spiro atoms. The van der Waals surface area contributed by atoms with Gasteiger partial charge < -0.3 is 10.4 Å². The van der Waals surface area contributed by atoms with Crippen molar-refractivity contribution in [1.29, 1.82) is 0 Å². The zero-order valence-corrected chi connectivity index (χ0v) is 3.68. The highest BCUT2D eigenvalue weighted by Gasteiger charge is 1.74. The van der Waals surface area contributed by atoms with Crippen LogP contribution in [0.4, 0.5) is 0 Å². The van der Waals surface area contributed by atoms with Crippen LogP contribution in [-0.4, -0.2) is 14.3 Å². The first kappa shape index (κ1) is 5.58. The maximum Gasteiger partial charge on any atom is 0.199 e. The van der Waals surface area contributed by atoms with E-state index in [1.807, 2.05) is 0 Å². The molecule has 0 aromatic carbocycles. The first-order chi connectivity index (χ1) is 2.77. The Balaban J connectivity index is 3.30. The van der Waals surface area contributed by atoms with Crippen molar-refractivity contribution in [3.8, 4) is 0 Å². The van der Waals surface area contributed by atoms with Crippen LogP contribution in [0.2, 0.25) is 0 Å². The molecule has 4 nitrogen and oxygen atoms in total. The molecule has 0 aromatic rings. The van der Waals surface area contributed by atoms with Crippen LogP contribution in [0.15, 0.2) is 5.10 Å². The van der Waals surface area contributed by atoms with Gasteiger partial charge in [-0.2, -0.15) is 5.10 Å². The maximum absolute atomic E-state index is 9.48. The smallest absolute Gasteiger partial charge is 0.199 e. The van der Waals surface area contributed by atoms with E-state index in [-0.39, 0.29) is 0 Å². The lowest BCUT2D eigenvalue weighted by molar-refractivity contribution is 0.578. The summed E-state index contributed by atoms with van der Waals surface area (Å²) in [6, 6.07) is 0. The lowest BCUT2D eigenvalue weighted by Gasteiger charge is -1.69. The maximum atomic E-state index is 9.48. The van der Waals surface area contributed by atoms with Crippen LogP contribution in [0.5, 0.6) is 0 Å². The molecule has 0 amide bonds. The summed E-state index contributed by atoms with van der Waals surface area (Å²) in [6.45, 7) is 0. The molecule has 0 aliphatic carbocycles.